The van der Waals surface area contributed by atoms with Crippen LogP contribution in [0.5, 0.6) is 5.75 Å². The second kappa shape index (κ2) is 15.8. The minimum atomic E-state index is -0.939. The van der Waals surface area contributed by atoms with Gasteiger partial charge in [0.1, 0.15) is 24.8 Å². The van der Waals surface area contributed by atoms with Gasteiger partial charge >= 0.3 is 5.97 Å². The van der Waals surface area contributed by atoms with Crippen LogP contribution in [0.15, 0.2) is 54.6 Å². The van der Waals surface area contributed by atoms with Gasteiger partial charge in [-0.15, -0.1) is 0 Å². The maximum atomic E-state index is 12.9. The predicted octanol–water partition coefficient (Wildman–Crippen LogP) is 5.41. The number of rotatable bonds is 15. The second-order valence-corrected chi connectivity index (χ2v) is 12.2. The predicted molar refractivity (Wildman–Crippen MR) is 158 cm³/mol. The van der Waals surface area contributed by atoms with Gasteiger partial charge in [0.2, 0.25) is 0 Å². The Balaban J connectivity index is 1.64. The van der Waals surface area contributed by atoms with Gasteiger partial charge in [0.05, 0.1) is 50.7 Å². The highest BCUT2D eigenvalue weighted by Crippen LogP contribution is 2.33. The molecular weight excluding hydrogens is 540 g/mol. The van der Waals surface area contributed by atoms with Crippen molar-refractivity contribution in [1.29, 1.82) is 0 Å². The Labute approximate surface area is 250 Å². The molecule has 42 heavy (non-hydrogen) atoms. The third kappa shape index (κ3) is 10.9. The van der Waals surface area contributed by atoms with Gasteiger partial charge in [0, 0.05) is 12.8 Å². The molecule has 0 radical (unpaired) electrons. The maximum absolute atomic E-state index is 12.9. The SMILES string of the molecule is COc1ccc(CO[C@H](CO)[C@H]2C[C@@H](C[C@@H](OC(=O)C(C)(C)C)[C@@H](C)OCOCc3ccccc3)OC(C)(C)O2)cc1. The first kappa shape index (κ1) is 34.0. The number of aliphatic hydroxyl groups is 1. The van der Waals surface area contributed by atoms with Crippen molar-refractivity contribution in [2.24, 2.45) is 5.41 Å². The molecule has 5 atom stereocenters. The first-order valence-electron chi connectivity index (χ1n) is 14.6. The van der Waals surface area contributed by atoms with Gasteiger partial charge in [-0.3, -0.25) is 4.79 Å². The molecule has 1 saturated heterocycles. The van der Waals surface area contributed by atoms with Crippen LogP contribution in [0.2, 0.25) is 0 Å². The van der Waals surface area contributed by atoms with Crippen molar-refractivity contribution in [2.45, 2.75) is 104 Å². The number of hydrogen-bond acceptors (Lipinski definition) is 9. The number of esters is 1. The number of carbonyl (C=O) groups excluding carboxylic acids is 1. The van der Waals surface area contributed by atoms with Crippen molar-refractivity contribution < 1.29 is 43.1 Å². The van der Waals surface area contributed by atoms with E-state index in [1.54, 1.807) is 7.11 Å². The Morgan fingerprint density at radius 1 is 1.00 bits per heavy atom. The number of aliphatic hydroxyl groups excluding tert-OH is 1. The van der Waals surface area contributed by atoms with Gasteiger partial charge in [0.25, 0.3) is 0 Å². The summed E-state index contributed by atoms with van der Waals surface area (Å²) < 4.78 is 41.4. The van der Waals surface area contributed by atoms with Crippen molar-refractivity contribution in [3.63, 3.8) is 0 Å². The van der Waals surface area contributed by atoms with Crippen LogP contribution in [0.1, 0.15) is 65.5 Å². The van der Waals surface area contributed by atoms with Crippen LogP contribution in [0.25, 0.3) is 0 Å². The van der Waals surface area contributed by atoms with E-state index in [1.165, 1.54) is 0 Å². The molecule has 234 valence electrons. The molecule has 9 nitrogen and oxygen atoms in total. The molecule has 2 aromatic rings. The average Bonchev–Trinajstić information content (AvgIpc) is 2.94. The van der Waals surface area contributed by atoms with Gasteiger partial charge in [-0.1, -0.05) is 42.5 Å². The zero-order valence-electron chi connectivity index (χ0n) is 26.0. The van der Waals surface area contributed by atoms with Crippen LogP contribution < -0.4 is 4.74 Å². The fraction of sp³-hybridized carbons (Fsp3) is 0.606. The van der Waals surface area contributed by atoms with Crippen LogP contribution in [-0.2, 0) is 46.4 Å². The molecule has 0 bridgehead atoms. The first-order chi connectivity index (χ1) is 19.9. The minimum absolute atomic E-state index is 0.0498. The Morgan fingerprint density at radius 3 is 2.29 bits per heavy atom. The van der Waals surface area contributed by atoms with Gasteiger partial charge in [0.15, 0.2) is 5.79 Å². The lowest BCUT2D eigenvalue weighted by molar-refractivity contribution is -0.321. The highest BCUT2D eigenvalue weighted by molar-refractivity contribution is 5.75. The van der Waals surface area contributed by atoms with Crippen LogP contribution in [0.3, 0.4) is 0 Å². The van der Waals surface area contributed by atoms with Gasteiger partial charge in [-0.2, -0.15) is 0 Å². The monoisotopic (exact) mass is 588 g/mol. The van der Waals surface area contributed by atoms with Gasteiger partial charge < -0.3 is 38.3 Å². The lowest BCUT2D eigenvalue weighted by Gasteiger charge is -2.44. The van der Waals surface area contributed by atoms with Crippen molar-refractivity contribution >= 4 is 5.97 Å². The summed E-state index contributed by atoms with van der Waals surface area (Å²) in [6, 6.07) is 17.4. The maximum Gasteiger partial charge on any atom is 0.311 e. The van der Waals surface area contributed by atoms with E-state index in [9.17, 15) is 9.90 Å². The van der Waals surface area contributed by atoms with E-state index in [0.29, 0.717) is 26.1 Å². The van der Waals surface area contributed by atoms with Crippen LogP contribution in [0.4, 0.5) is 0 Å². The van der Waals surface area contributed by atoms with Crippen molar-refractivity contribution in [3.8, 4) is 5.75 Å². The summed E-state index contributed by atoms with van der Waals surface area (Å²) in [7, 11) is 1.62. The normalized spacial score (nSPS) is 20.9. The van der Waals surface area contributed by atoms with E-state index >= 15 is 0 Å². The molecule has 1 aliphatic heterocycles. The smallest absolute Gasteiger partial charge is 0.311 e. The summed E-state index contributed by atoms with van der Waals surface area (Å²) in [4.78, 5) is 12.9. The summed E-state index contributed by atoms with van der Waals surface area (Å²) in [5.74, 6) is -0.504. The number of ether oxygens (including phenoxy) is 7. The quantitative estimate of drug-likeness (QED) is 0.166. The molecule has 0 amide bonds. The van der Waals surface area contributed by atoms with Crippen LogP contribution in [0, 0.1) is 5.41 Å². The van der Waals surface area contributed by atoms with E-state index in [2.05, 4.69) is 0 Å². The summed E-state index contributed by atoms with van der Waals surface area (Å²) in [6.07, 6.45) is -1.59. The van der Waals surface area contributed by atoms with Crippen molar-refractivity contribution in [1.82, 2.24) is 0 Å². The molecule has 0 aliphatic carbocycles. The van der Waals surface area contributed by atoms with E-state index in [1.807, 2.05) is 96.1 Å². The first-order valence-corrected chi connectivity index (χ1v) is 14.6. The lowest BCUT2D eigenvalue weighted by atomic mass is 9.95. The summed E-state index contributed by atoms with van der Waals surface area (Å²) in [5.41, 5.74) is 1.31. The summed E-state index contributed by atoms with van der Waals surface area (Å²) in [6.45, 7) is 11.5. The van der Waals surface area contributed by atoms with Gasteiger partial charge in [-0.05, 0) is 64.8 Å². The highest BCUT2D eigenvalue weighted by Gasteiger charge is 2.42. The Morgan fingerprint density at radius 2 is 1.67 bits per heavy atom. The third-order valence-electron chi connectivity index (χ3n) is 7.01. The number of benzene rings is 2. The fourth-order valence-corrected chi connectivity index (χ4v) is 4.63. The van der Waals surface area contributed by atoms with Crippen LogP contribution >= 0.6 is 0 Å². The molecule has 3 rings (SSSR count). The standard InChI is InChI=1S/C33H48O9/c1-23(39-22-37-20-24-11-9-8-10-12-24)28(40-31(35)32(2,3)4)17-27-18-29(42-33(5,6)41-27)30(19-34)38-21-25-13-15-26(36-7)16-14-25/h8-16,23,27-30,34H,17-22H2,1-7H3/t23-,27-,28-,29-,30-/m1/s1. The highest BCUT2D eigenvalue weighted by atomic mass is 16.7. The van der Waals surface area contributed by atoms with Crippen molar-refractivity contribution in [3.05, 3.63) is 65.7 Å². The molecule has 1 fully saturated rings. The molecule has 2 aromatic carbocycles. The zero-order valence-corrected chi connectivity index (χ0v) is 26.0. The lowest BCUT2D eigenvalue weighted by Crippen LogP contribution is -2.52. The average molecular weight is 589 g/mol. The van der Waals surface area contributed by atoms with E-state index < -0.39 is 35.6 Å². The van der Waals surface area contributed by atoms with Crippen LogP contribution in [-0.4, -0.2) is 67.9 Å². The number of carbonyl (C=O) groups is 1. The summed E-state index contributed by atoms with van der Waals surface area (Å²) in [5, 5.41) is 10.2. The number of methoxy groups -OCH3 is 1. The Bertz CT molecular complexity index is 1070. The molecular formula is C33H48O9. The van der Waals surface area contributed by atoms with E-state index in [4.69, 9.17) is 33.2 Å². The largest absolute Gasteiger partial charge is 0.497 e. The Kier molecular flexibility index (Phi) is 12.8. The van der Waals surface area contributed by atoms with E-state index in [0.717, 1.165) is 16.9 Å². The molecule has 1 N–H and O–H groups in total. The van der Waals surface area contributed by atoms with Crippen molar-refractivity contribution in [2.75, 3.05) is 20.5 Å². The molecule has 0 saturated carbocycles. The minimum Gasteiger partial charge on any atom is -0.497 e. The third-order valence-corrected chi connectivity index (χ3v) is 7.01. The number of hydrogen-bond donors (Lipinski definition) is 1. The zero-order chi connectivity index (χ0) is 30.8. The van der Waals surface area contributed by atoms with E-state index in [-0.39, 0.29) is 25.5 Å². The molecule has 0 spiro atoms. The molecule has 9 heteroatoms. The Hall–Kier alpha value is -2.53. The fourth-order valence-electron chi connectivity index (χ4n) is 4.63. The topological polar surface area (TPSA) is 102 Å². The molecule has 1 aliphatic rings. The second-order valence-electron chi connectivity index (χ2n) is 12.2. The molecule has 1 heterocycles. The van der Waals surface area contributed by atoms with Gasteiger partial charge in [-0.25, -0.2) is 0 Å². The molecule has 0 unspecified atom stereocenters. The molecule has 0 aromatic heterocycles. The summed E-state index contributed by atoms with van der Waals surface area (Å²) >= 11 is 0.